The monoisotopic (exact) mass is 213 g/mol. The number of aromatic nitrogens is 1. The number of carbonyl (C=O) groups is 1. The highest BCUT2D eigenvalue weighted by Crippen LogP contribution is 2.39. The second-order valence-corrected chi connectivity index (χ2v) is 4.21. The van der Waals surface area contributed by atoms with E-state index in [4.69, 9.17) is 4.74 Å². The smallest absolute Gasteiger partial charge is 0.341 e. The summed E-state index contributed by atoms with van der Waals surface area (Å²) in [6.07, 6.45) is 1.34. The van der Waals surface area contributed by atoms with Gasteiger partial charge in [0.15, 0.2) is 0 Å². The van der Waals surface area contributed by atoms with Crippen molar-refractivity contribution in [2.24, 2.45) is 0 Å². The first-order chi connectivity index (χ1) is 6.67. The number of carboxylic acids is 1. The van der Waals surface area contributed by atoms with Crippen molar-refractivity contribution in [3.63, 3.8) is 0 Å². The minimum absolute atomic E-state index is 0.518. The zero-order chi connectivity index (χ0) is 10.2. The number of aliphatic carboxylic acids is 1. The Morgan fingerprint density at radius 2 is 2.57 bits per heavy atom. The Labute approximate surface area is 85.5 Å². The summed E-state index contributed by atoms with van der Waals surface area (Å²) in [5, 5.41) is 9.21. The Hall–Kier alpha value is -0.940. The SMILES string of the molecule is Cc1ncsc1C1(C(=O)O)CCCO1. The Bertz CT molecular complexity index is 355. The average Bonchev–Trinajstić information content (AvgIpc) is 2.72. The van der Waals surface area contributed by atoms with Gasteiger partial charge in [0.05, 0.1) is 16.1 Å². The molecule has 1 unspecified atom stereocenters. The zero-order valence-electron chi connectivity index (χ0n) is 7.82. The Balaban J connectivity index is 2.46. The van der Waals surface area contributed by atoms with Gasteiger partial charge >= 0.3 is 5.97 Å². The van der Waals surface area contributed by atoms with Crippen LogP contribution in [0, 0.1) is 6.92 Å². The van der Waals surface area contributed by atoms with Crippen molar-refractivity contribution >= 4 is 17.3 Å². The van der Waals surface area contributed by atoms with Crippen LogP contribution in [0.5, 0.6) is 0 Å². The normalized spacial score (nSPS) is 26.6. The van der Waals surface area contributed by atoms with Crippen LogP contribution in [0.2, 0.25) is 0 Å². The van der Waals surface area contributed by atoms with E-state index in [-0.39, 0.29) is 0 Å². The lowest BCUT2D eigenvalue weighted by atomic mass is 9.97. The molecule has 0 bridgehead atoms. The van der Waals surface area contributed by atoms with Crippen LogP contribution in [0.3, 0.4) is 0 Å². The van der Waals surface area contributed by atoms with Crippen LogP contribution in [0.4, 0.5) is 0 Å². The molecule has 0 aliphatic carbocycles. The van der Waals surface area contributed by atoms with Gasteiger partial charge in [0.2, 0.25) is 5.60 Å². The van der Waals surface area contributed by atoms with E-state index in [0.29, 0.717) is 13.0 Å². The standard InChI is InChI=1S/C9H11NO3S/c1-6-7(14-5-10-6)9(8(11)12)3-2-4-13-9/h5H,2-4H2,1H3,(H,11,12). The van der Waals surface area contributed by atoms with E-state index in [2.05, 4.69) is 4.98 Å². The fraction of sp³-hybridized carbons (Fsp3) is 0.556. The van der Waals surface area contributed by atoms with Gasteiger partial charge in [-0.05, 0) is 19.8 Å². The third-order valence-corrected chi connectivity index (χ3v) is 3.55. The molecule has 1 aromatic heterocycles. The van der Waals surface area contributed by atoms with Gasteiger partial charge in [0, 0.05) is 6.61 Å². The molecular formula is C9H11NO3S. The topological polar surface area (TPSA) is 59.4 Å². The van der Waals surface area contributed by atoms with E-state index in [0.717, 1.165) is 17.0 Å². The molecule has 1 aliphatic heterocycles. The summed E-state index contributed by atoms with van der Waals surface area (Å²) in [6.45, 7) is 2.34. The number of hydrogen-bond acceptors (Lipinski definition) is 4. The molecule has 0 amide bonds. The van der Waals surface area contributed by atoms with Crippen LogP contribution in [-0.2, 0) is 15.1 Å². The van der Waals surface area contributed by atoms with E-state index in [9.17, 15) is 9.90 Å². The Kier molecular flexibility index (Phi) is 2.28. The molecule has 0 saturated carbocycles. The van der Waals surface area contributed by atoms with Crippen LogP contribution in [0.15, 0.2) is 5.51 Å². The maximum atomic E-state index is 11.2. The molecule has 1 aromatic rings. The van der Waals surface area contributed by atoms with Gasteiger partial charge in [0.1, 0.15) is 0 Å². The van der Waals surface area contributed by atoms with Crippen LogP contribution in [-0.4, -0.2) is 22.7 Å². The van der Waals surface area contributed by atoms with Gasteiger partial charge in [-0.15, -0.1) is 11.3 Å². The van der Waals surface area contributed by atoms with E-state index in [1.807, 2.05) is 6.92 Å². The quantitative estimate of drug-likeness (QED) is 0.809. The average molecular weight is 213 g/mol. The number of thiazole rings is 1. The minimum Gasteiger partial charge on any atom is -0.479 e. The summed E-state index contributed by atoms with van der Waals surface area (Å²) in [5.41, 5.74) is 1.31. The van der Waals surface area contributed by atoms with Gasteiger partial charge in [-0.25, -0.2) is 9.78 Å². The molecule has 0 spiro atoms. The van der Waals surface area contributed by atoms with Crippen molar-refractivity contribution in [2.75, 3.05) is 6.61 Å². The third kappa shape index (κ3) is 1.24. The second-order valence-electron chi connectivity index (χ2n) is 3.35. The summed E-state index contributed by atoms with van der Waals surface area (Å²) in [5.74, 6) is -0.901. The van der Waals surface area contributed by atoms with Crippen molar-refractivity contribution in [2.45, 2.75) is 25.4 Å². The lowest BCUT2D eigenvalue weighted by Crippen LogP contribution is -2.34. The fourth-order valence-corrected chi connectivity index (χ4v) is 2.75. The van der Waals surface area contributed by atoms with E-state index < -0.39 is 11.6 Å². The third-order valence-electron chi connectivity index (χ3n) is 2.48. The highest BCUT2D eigenvalue weighted by atomic mass is 32.1. The first-order valence-corrected chi connectivity index (χ1v) is 5.33. The van der Waals surface area contributed by atoms with Crippen molar-refractivity contribution in [1.82, 2.24) is 4.98 Å². The van der Waals surface area contributed by atoms with Gasteiger partial charge in [-0.3, -0.25) is 0 Å². The van der Waals surface area contributed by atoms with Crippen LogP contribution in [0.25, 0.3) is 0 Å². The molecule has 2 heterocycles. The predicted molar refractivity (Wildman–Crippen MR) is 51.4 cm³/mol. The molecule has 1 aliphatic rings. The van der Waals surface area contributed by atoms with E-state index >= 15 is 0 Å². The molecule has 1 fully saturated rings. The summed E-state index contributed by atoms with van der Waals surface area (Å²) in [7, 11) is 0. The Morgan fingerprint density at radius 3 is 3.00 bits per heavy atom. The number of aryl methyl sites for hydroxylation is 1. The highest BCUT2D eigenvalue weighted by Gasteiger charge is 2.46. The fourth-order valence-electron chi connectivity index (χ4n) is 1.77. The summed E-state index contributed by atoms with van der Waals surface area (Å²) in [4.78, 5) is 16.0. The number of hydrogen-bond donors (Lipinski definition) is 1. The van der Waals surface area contributed by atoms with Gasteiger partial charge in [-0.2, -0.15) is 0 Å². The first-order valence-electron chi connectivity index (χ1n) is 4.45. The van der Waals surface area contributed by atoms with Crippen molar-refractivity contribution in [1.29, 1.82) is 0 Å². The number of carboxylic acid groups (broad SMARTS) is 1. The van der Waals surface area contributed by atoms with Crippen molar-refractivity contribution in [3.05, 3.63) is 16.1 Å². The maximum absolute atomic E-state index is 11.2. The largest absolute Gasteiger partial charge is 0.479 e. The molecule has 4 nitrogen and oxygen atoms in total. The highest BCUT2D eigenvalue weighted by molar-refractivity contribution is 7.10. The second kappa shape index (κ2) is 3.33. The van der Waals surface area contributed by atoms with Crippen molar-refractivity contribution < 1.29 is 14.6 Å². The lowest BCUT2D eigenvalue weighted by Gasteiger charge is -2.22. The minimum atomic E-state index is -1.12. The lowest BCUT2D eigenvalue weighted by molar-refractivity contribution is -0.161. The molecular weight excluding hydrogens is 202 g/mol. The van der Waals surface area contributed by atoms with E-state index in [1.165, 1.54) is 11.3 Å². The van der Waals surface area contributed by atoms with Gasteiger partial charge in [-0.1, -0.05) is 0 Å². The van der Waals surface area contributed by atoms with Gasteiger partial charge in [0.25, 0.3) is 0 Å². The first kappa shape index (κ1) is 9.61. The summed E-state index contributed by atoms with van der Waals surface area (Å²) >= 11 is 1.36. The summed E-state index contributed by atoms with van der Waals surface area (Å²) < 4.78 is 5.40. The number of rotatable bonds is 2. The molecule has 0 aromatic carbocycles. The maximum Gasteiger partial charge on any atom is 0.341 e. The van der Waals surface area contributed by atoms with Crippen LogP contribution < -0.4 is 0 Å². The molecule has 0 radical (unpaired) electrons. The number of nitrogens with zero attached hydrogens (tertiary/aromatic N) is 1. The molecule has 1 saturated heterocycles. The zero-order valence-corrected chi connectivity index (χ0v) is 8.63. The van der Waals surface area contributed by atoms with Crippen LogP contribution >= 0.6 is 11.3 Å². The summed E-state index contributed by atoms with van der Waals surface area (Å²) in [6, 6.07) is 0. The molecule has 1 atom stereocenters. The molecule has 5 heteroatoms. The van der Waals surface area contributed by atoms with Gasteiger partial charge < -0.3 is 9.84 Å². The molecule has 1 N–H and O–H groups in total. The number of ether oxygens (including phenoxy) is 1. The molecule has 2 rings (SSSR count). The van der Waals surface area contributed by atoms with Crippen molar-refractivity contribution in [3.8, 4) is 0 Å². The Morgan fingerprint density at radius 1 is 1.79 bits per heavy atom. The molecule has 76 valence electrons. The predicted octanol–water partition coefficient (Wildman–Crippen LogP) is 1.54. The molecule has 14 heavy (non-hydrogen) atoms. The van der Waals surface area contributed by atoms with E-state index in [1.54, 1.807) is 5.51 Å². The van der Waals surface area contributed by atoms with Crippen LogP contribution in [0.1, 0.15) is 23.4 Å².